The highest BCUT2D eigenvalue weighted by Crippen LogP contribution is 2.30. The number of amidine groups is 1. The summed E-state index contributed by atoms with van der Waals surface area (Å²) in [6.45, 7) is 6.23. The Hall–Kier alpha value is -3.05. The summed E-state index contributed by atoms with van der Waals surface area (Å²) in [6.07, 6.45) is 1.94. The highest BCUT2D eigenvalue weighted by atomic mass is 32.2. The lowest BCUT2D eigenvalue weighted by Crippen LogP contribution is -2.21. The van der Waals surface area contributed by atoms with E-state index in [2.05, 4.69) is 59.4 Å². The van der Waals surface area contributed by atoms with Crippen LogP contribution in [0.25, 0.3) is 16.8 Å². The molecule has 146 valence electrons. The summed E-state index contributed by atoms with van der Waals surface area (Å²) < 4.78 is 0. The molecule has 0 bridgehead atoms. The van der Waals surface area contributed by atoms with Crippen molar-refractivity contribution in [3.05, 3.63) is 77.2 Å². The molecule has 3 aromatic carbocycles. The van der Waals surface area contributed by atoms with Crippen LogP contribution in [0.3, 0.4) is 0 Å². The Morgan fingerprint density at radius 3 is 2.45 bits per heavy atom. The molecule has 1 saturated heterocycles. The lowest BCUT2D eigenvalue weighted by Gasteiger charge is -2.20. The molecule has 1 amide bonds. The molecule has 1 heterocycles. The normalized spacial score (nSPS) is 16.6. The molecule has 0 atom stereocenters. The number of carbonyl (C=O) groups excluding carboxylic acids is 1. The molecular formula is C24H23N3OS. The third-order valence-electron chi connectivity index (χ3n) is 4.97. The zero-order chi connectivity index (χ0) is 20.2. The SMILES string of the molecule is CCN(CC)c1ccc(N=C2NC(=O)/C(=C\c3cccc4ccccc34)S2)cc1. The van der Waals surface area contributed by atoms with Crippen molar-refractivity contribution >= 4 is 51.1 Å². The Kier molecular flexibility index (Phi) is 5.67. The summed E-state index contributed by atoms with van der Waals surface area (Å²) in [5.74, 6) is -0.110. The maximum Gasteiger partial charge on any atom is 0.264 e. The topological polar surface area (TPSA) is 44.7 Å². The molecule has 29 heavy (non-hydrogen) atoms. The van der Waals surface area contributed by atoms with E-state index in [1.165, 1.54) is 17.4 Å². The van der Waals surface area contributed by atoms with Crippen LogP contribution in [0.4, 0.5) is 11.4 Å². The number of fused-ring (bicyclic) bond motifs is 1. The number of hydrogen-bond donors (Lipinski definition) is 1. The van der Waals surface area contributed by atoms with Crippen LogP contribution in [0.2, 0.25) is 0 Å². The minimum atomic E-state index is -0.110. The van der Waals surface area contributed by atoms with Gasteiger partial charge in [0.2, 0.25) is 0 Å². The van der Waals surface area contributed by atoms with Crippen LogP contribution in [0, 0.1) is 0 Å². The molecule has 5 heteroatoms. The number of anilines is 1. The van der Waals surface area contributed by atoms with Crippen molar-refractivity contribution in [1.82, 2.24) is 5.32 Å². The van der Waals surface area contributed by atoms with Crippen molar-refractivity contribution in [2.24, 2.45) is 4.99 Å². The minimum absolute atomic E-state index is 0.110. The van der Waals surface area contributed by atoms with Crippen LogP contribution >= 0.6 is 11.8 Å². The van der Waals surface area contributed by atoms with Gasteiger partial charge in [-0.15, -0.1) is 0 Å². The summed E-state index contributed by atoms with van der Waals surface area (Å²) in [6, 6.07) is 22.4. The number of carbonyl (C=O) groups is 1. The van der Waals surface area contributed by atoms with Gasteiger partial charge in [-0.1, -0.05) is 42.5 Å². The van der Waals surface area contributed by atoms with Crippen molar-refractivity contribution in [1.29, 1.82) is 0 Å². The van der Waals surface area contributed by atoms with Gasteiger partial charge in [0, 0.05) is 18.8 Å². The van der Waals surface area contributed by atoms with Crippen molar-refractivity contribution in [2.45, 2.75) is 13.8 Å². The maximum atomic E-state index is 12.4. The minimum Gasteiger partial charge on any atom is -0.372 e. The summed E-state index contributed by atoms with van der Waals surface area (Å²) in [5.41, 5.74) is 3.04. The molecule has 0 spiro atoms. The number of aliphatic imine (C=N–C) groups is 1. The van der Waals surface area contributed by atoms with E-state index in [0.717, 1.165) is 35.1 Å². The summed E-state index contributed by atoms with van der Waals surface area (Å²) in [4.78, 5) is 20.0. The fraction of sp³-hybridized carbons (Fsp3) is 0.167. The van der Waals surface area contributed by atoms with Crippen molar-refractivity contribution < 1.29 is 4.79 Å². The molecule has 0 unspecified atom stereocenters. The van der Waals surface area contributed by atoms with Gasteiger partial charge in [-0.2, -0.15) is 0 Å². The van der Waals surface area contributed by atoms with E-state index in [4.69, 9.17) is 0 Å². The number of rotatable bonds is 5. The second kappa shape index (κ2) is 8.53. The number of amides is 1. The van der Waals surface area contributed by atoms with E-state index in [0.29, 0.717) is 10.1 Å². The zero-order valence-corrected chi connectivity index (χ0v) is 17.4. The number of nitrogens with one attached hydrogen (secondary N) is 1. The lowest BCUT2D eigenvalue weighted by atomic mass is 10.0. The number of benzene rings is 3. The molecule has 0 aromatic heterocycles. The Balaban J connectivity index is 1.57. The summed E-state index contributed by atoms with van der Waals surface area (Å²) >= 11 is 1.38. The van der Waals surface area contributed by atoms with Gasteiger partial charge < -0.3 is 10.2 Å². The quantitative estimate of drug-likeness (QED) is 0.568. The average molecular weight is 402 g/mol. The third kappa shape index (κ3) is 4.20. The maximum absolute atomic E-state index is 12.4. The van der Waals surface area contributed by atoms with Gasteiger partial charge >= 0.3 is 0 Å². The first-order valence-electron chi connectivity index (χ1n) is 9.80. The standard InChI is InChI=1S/C24H23N3OS/c1-3-27(4-2)20-14-12-19(13-15-20)25-24-26-23(28)22(29-24)16-18-10-7-9-17-8-5-6-11-21(17)18/h5-16H,3-4H2,1-2H3,(H,25,26,28)/b22-16+. The molecule has 1 N–H and O–H groups in total. The largest absolute Gasteiger partial charge is 0.372 e. The lowest BCUT2D eigenvalue weighted by molar-refractivity contribution is -0.115. The Morgan fingerprint density at radius 2 is 1.69 bits per heavy atom. The smallest absolute Gasteiger partial charge is 0.264 e. The van der Waals surface area contributed by atoms with E-state index in [1.54, 1.807) is 0 Å². The van der Waals surface area contributed by atoms with Gasteiger partial charge in [0.1, 0.15) is 0 Å². The van der Waals surface area contributed by atoms with Crippen LogP contribution in [0.1, 0.15) is 19.4 Å². The molecule has 1 aliphatic heterocycles. The zero-order valence-electron chi connectivity index (χ0n) is 16.6. The van der Waals surface area contributed by atoms with Crippen molar-refractivity contribution in [3.8, 4) is 0 Å². The van der Waals surface area contributed by atoms with E-state index in [-0.39, 0.29) is 5.91 Å². The number of thioether (sulfide) groups is 1. The monoisotopic (exact) mass is 401 g/mol. The number of nitrogens with zero attached hydrogens (tertiary/aromatic N) is 2. The predicted molar refractivity (Wildman–Crippen MR) is 125 cm³/mol. The predicted octanol–water partition coefficient (Wildman–Crippen LogP) is 5.58. The molecule has 3 aromatic rings. The second-order valence-corrected chi connectivity index (χ2v) is 7.77. The first-order valence-corrected chi connectivity index (χ1v) is 10.6. The Labute approximate surface area is 175 Å². The van der Waals surface area contributed by atoms with Gasteiger partial charge in [0.25, 0.3) is 5.91 Å². The third-order valence-corrected chi connectivity index (χ3v) is 5.88. The van der Waals surface area contributed by atoms with Gasteiger partial charge in [-0.05, 0) is 72.3 Å². The van der Waals surface area contributed by atoms with Crippen LogP contribution in [-0.2, 0) is 4.79 Å². The van der Waals surface area contributed by atoms with Gasteiger partial charge in [0.15, 0.2) is 5.17 Å². The molecular weight excluding hydrogens is 378 g/mol. The Bertz CT molecular complexity index is 1090. The highest BCUT2D eigenvalue weighted by molar-refractivity contribution is 8.18. The molecule has 1 aliphatic rings. The molecule has 0 saturated carbocycles. The molecule has 0 radical (unpaired) electrons. The van der Waals surface area contributed by atoms with Crippen molar-refractivity contribution in [3.63, 3.8) is 0 Å². The highest BCUT2D eigenvalue weighted by Gasteiger charge is 2.24. The molecule has 4 rings (SSSR count). The van der Waals surface area contributed by atoms with Gasteiger partial charge in [0.05, 0.1) is 10.6 Å². The van der Waals surface area contributed by atoms with E-state index >= 15 is 0 Å². The summed E-state index contributed by atoms with van der Waals surface area (Å²) in [7, 11) is 0. The van der Waals surface area contributed by atoms with Crippen LogP contribution in [0.15, 0.2) is 76.6 Å². The van der Waals surface area contributed by atoms with E-state index in [9.17, 15) is 4.79 Å². The summed E-state index contributed by atoms with van der Waals surface area (Å²) in [5, 5.41) is 5.78. The fourth-order valence-corrected chi connectivity index (χ4v) is 4.27. The fourth-order valence-electron chi connectivity index (χ4n) is 3.44. The number of hydrogen-bond acceptors (Lipinski definition) is 4. The first kappa shape index (κ1) is 19.3. The molecule has 4 nitrogen and oxygen atoms in total. The first-order chi connectivity index (χ1) is 14.2. The van der Waals surface area contributed by atoms with Crippen LogP contribution in [0.5, 0.6) is 0 Å². The molecule has 1 fully saturated rings. The van der Waals surface area contributed by atoms with Crippen molar-refractivity contribution in [2.75, 3.05) is 18.0 Å². The second-order valence-electron chi connectivity index (χ2n) is 6.74. The average Bonchev–Trinajstić information content (AvgIpc) is 3.09. The van der Waals surface area contributed by atoms with Gasteiger partial charge in [-0.25, -0.2) is 4.99 Å². The van der Waals surface area contributed by atoms with E-state index in [1.807, 2.05) is 42.5 Å². The molecule has 0 aliphatic carbocycles. The van der Waals surface area contributed by atoms with E-state index < -0.39 is 0 Å². The van der Waals surface area contributed by atoms with Crippen LogP contribution < -0.4 is 10.2 Å². The Morgan fingerprint density at radius 1 is 0.966 bits per heavy atom. The van der Waals surface area contributed by atoms with Crippen LogP contribution in [-0.4, -0.2) is 24.2 Å². The van der Waals surface area contributed by atoms with Gasteiger partial charge in [-0.3, -0.25) is 4.79 Å².